The van der Waals surface area contributed by atoms with Crippen LogP contribution in [0.4, 0.5) is 0 Å². The maximum Gasteiger partial charge on any atom is 0.0208 e. The minimum atomic E-state index is 0.339. The molecular formula is C36H64N2. The van der Waals surface area contributed by atoms with Gasteiger partial charge in [-0.15, -0.1) is 0 Å². The molecule has 1 aromatic rings. The molecule has 2 heteroatoms. The second-order valence-corrected chi connectivity index (χ2v) is 17.4. The van der Waals surface area contributed by atoms with E-state index in [9.17, 15) is 0 Å². The van der Waals surface area contributed by atoms with E-state index in [4.69, 9.17) is 0 Å². The van der Waals surface area contributed by atoms with E-state index in [1.165, 1.54) is 49.7 Å². The van der Waals surface area contributed by atoms with Crippen molar-refractivity contribution in [1.29, 1.82) is 0 Å². The maximum atomic E-state index is 4.08. The normalized spacial score (nSPS) is 29.9. The fraction of sp³-hybridized carbons (Fsp3) is 0.833. The highest BCUT2D eigenvalue weighted by Crippen LogP contribution is 2.47. The van der Waals surface area contributed by atoms with Crippen molar-refractivity contribution in [2.45, 2.75) is 147 Å². The van der Waals surface area contributed by atoms with Crippen molar-refractivity contribution in [3.8, 4) is 0 Å². The molecule has 0 radical (unpaired) electrons. The molecule has 2 N–H and O–H groups in total. The van der Waals surface area contributed by atoms with Gasteiger partial charge < -0.3 is 10.6 Å². The zero-order chi connectivity index (χ0) is 28.5. The Balaban J connectivity index is 1.67. The number of nitrogens with one attached hydrogen (secondary N) is 2. The SMILES string of the molecule is CC(C)(C)C1CCCC(C(C)(C)C)C1NCc1ccc(CNC2C(C(C)(C)C)CCCC2C(C)(C)C)cc1. The van der Waals surface area contributed by atoms with Crippen LogP contribution in [0.1, 0.15) is 133 Å². The quantitative estimate of drug-likeness (QED) is 0.387. The van der Waals surface area contributed by atoms with Crippen LogP contribution in [0, 0.1) is 45.3 Å². The summed E-state index contributed by atoms with van der Waals surface area (Å²) in [5.74, 6) is 2.91. The summed E-state index contributed by atoms with van der Waals surface area (Å²) >= 11 is 0. The molecule has 1 aromatic carbocycles. The van der Waals surface area contributed by atoms with Crippen molar-refractivity contribution < 1.29 is 0 Å². The molecule has 2 aliphatic rings. The molecule has 4 atom stereocenters. The van der Waals surface area contributed by atoms with Gasteiger partial charge in [0.05, 0.1) is 0 Å². The number of hydrogen-bond donors (Lipinski definition) is 2. The van der Waals surface area contributed by atoms with Gasteiger partial charge in [0.25, 0.3) is 0 Å². The average molecular weight is 525 g/mol. The highest BCUT2D eigenvalue weighted by Gasteiger charge is 2.44. The van der Waals surface area contributed by atoms with Gasteiger partial charge in [-0.05, 0) is 82.1 Å². The second-order valence-electron chi connectivity index (χ2n) is 17.4. The van der Waals surface area contributed by atoms with Gasteiger partial charge in [0, 0.05) is 25.2 Å². The van der Waals surface area contributed by atoms with E-state index in [2.05, 4.69) is 118 Å². The molecule has 0 bridgehead atoms. The zero-order valence-electron chi connectivity index (χ0n) is 27.4. The van der Waals surface area contributed by atoms with E-state index in [1.54, 1.807) is 0 Å². The summed E-state index contributed by atoms with van der Waals surface area (Å²) in [5.41, 5.74) is 4.19. The Morgan fingerprint density at radius 2 is 0.711 bits per heavy atom. The maximum absolute atomic E-state index is 4.08. The Morgan fingerprint density at radius 1 is 0.474 bits per heavy atom. The number of benzene rings is 1. The molecule has 2 fully saturated rings. The smallest absolute Gasteiger partial charge is 0.0208 e. The minimum absolute atomic E-state index is 0.339. The zero-order valence-corrected chi connectivity index (χ0v) is 27.4. The summed E-state index contributed by atoms with van der Waals surface area (Å²) in [5, 5.41) is 8.17. The number of rotatable bonds is 6. The molecule has 2 aliphatic carbocycles. The first kappa shape index (κ1) is 31.7. The van der Waals surface area contributed by atoms with Gasteiger partial charge in [0.2, 0.25) is 0 Å². The van der Waals surface area contributed by atoms with Crippen LogP contribution in [0.3, 0.4) is 0 Å². The topological polar surface area (TPSA) is 24.1 Å². The monoisotopic (exact) mass is 525 g/mol. The lowest BCUT2D eigenvalue weighted by Crippen LogP contribution is -2.52. The molecule has 218 valence electrons. The van der Waals surface area contributed by atoms with Crippen molar-refractivity contribution in [3.05, 3.63) is 35.4 Å². The molecular weight excluding hydrogens is 460 g/mol. The van der Waals surface area contributed by atoms with Crippen LogP contribution < -0.4 is 10.6 Å². The van der Waals surface area contributed by atoms with Gasteiger partial charge in [-0.25, -0.2) is 0 Å². The first-order valence-electron chi connectivity index (χ1n) is 15.9. The Hall–Kier alpha value is -0.860. The van der Waals surface area contributed by atoms with Gasteiger partial charge in [0.1, 0.15) is 0 Å². The minimum Gasteiger partial charge on any atom is -0.309 e. The predicted molar refractivity (Wildman–Crippen MR) is 167 cm³/mol. The summed E-state index contributed by atoms with van der Waals surface area (Å²) in [6.45, 7) is 31.3. The molecule has 4 unspecified atom stereocenters. The summed E-state index contributed by atoms with van der Waals surface area (Å²) in [4.78, 5) is 0. The van der Waals surface area contributed by atoms with Crippen LogP contribution in [-0.2, 0) is 13.1 Å². The number of hydrogen-bond acceptors (Lipinski definition) is 2. The first-order chi connectivity index (χ1) is 17.4. The fourth-order valence-electron chi connectivity index (χ4n) is 8.10. The van der Waals surface area contributed by atoms with Crippen LogP contribution >= 0.6 is 0 Å². The van der Waals surface area contributed by atoms with E-state index in [-0.39, 0.29) is 0 Å². The van der Waals surface area contributed by atoms with Crippen LogP contribution in [0.5, 0.6) is 0 Å². The summed E-state index contributed by atoms with van der Waals surface area (Å²) in [6.07, 6.45) is 8.15. The van der Waals surface area contributed by atoms with Crippen molar-refractivity contribution in [1.82, 2.24) is 10.6 Å². The van der Waals surface area contributed by atoms with E-state index < -0.39 is 0 Å². The van der Waals surface area contributed by atoms with Gasteiger partial charge in [-0.1, -0.05) is 120 Å². The molecule has 0 saturated heterocycles. The lowest BCUT2D eigenvalue weighted by atomic mass is 9.60. The average Bonchev–Trinajstić information content (AvgIpc) is 2.79. The van der Waals surface area contributed by atoms with Gasteiger partial charge in [-0.3, -0.25) is 0 Å². The third-order valence-corrected chi connectivity index (χ3v) is 10.4. The van der Waals surface area contributed by atoms with Crippen molar-refractivity contribution >= 4 is 0 Å². The van der Waals surface area contributed by atoms with E-state index in [1.807, 2.05) is 0 Å². The standard InChI is InChI=1S/C36H64N2/c1-33(2,3)27-15-13-16-28(34(4,5)6)31(27)37-23-25-19-21-26(22-20-25)24-38-32-29(35(7,8)9)17-14-18-30(32)36(10,11)12/h19-22,27-32,37-38H,13-18,23-24H2,1-12H3. The van der Waals surface area contributed by atoms with Crippen LogP contribution in [0.25, 0.3) is 0 Å². The first-order valence-corrected chi connectivity index (χ1v) is 15.9. The molecule has 0 aliphatic heterocycles. The third kappa shape index (κ3) is 8.09. The van der Waals surface area contributed by atoms with Gasteiger partial charge in [-0.2, -0.15) is 0 Å². The molecule has 0 aromatic heterocycles. The van der Waals surface area contributed by atoms with Crippen LogP contribution in [-0.4, -0.2) is 12.1 Å². The van der Waals surface area contributed by atoms with Gasteiger partial charge in [0.15, 0.2) is 0 Å². The van der Waals surface area contributed by atoms with E-state index >= 15 is 0 Å². The molecule has 38 heavy (non-hydrogen) atoms. The van der Waals surface area contributed by atoms with E-state index in [0.29, 0.717) is 33.7 Å². The summed E-state index contributed by atoms with van der Waals surface area (Å²) < 4.78 is 0. The Labute approximate surface area is 237 Å². The molecule has 2 nitrogen and oxygen atoms in total. The van der Waals surface area contributed by atoms with Crippen molar-refractivity contribution in [3.63, 3.8) is 0 Å². The van der Waals surface area contributed by atoms with Crippen molar-refractivity contribution in [2.75, 3.05) is 0 Å². The molecule has 2 saturated carbocycles. The van der Waals surface area contributed by atoms with Crippen LogP contribution in [0.2, 0.25) is 0 Å². The fourth-order valence-corrected chi connectivity index (χ4v) is 8.10. The van der Waals surface area contributed by atoms with Gasteiger partial charge >= 0.3 is 0 Å². The van der Waals surface area contributed by atoms with E-state index in [0.717, 1.165) is 36.8 Å². The molecule has 0 spiro atoms. The lowest BCUT2D eigenvalue weighted by molar-refractivity contribution is 0.0347. The summed E-state index contributed by atoms with van der Waals surface area (Å²) in [6, 6.07) is 10.6. The second kappa shape index (κ2) is 11.9. The molecule has 0 heterocycles. The Kier molecular flexibility index (Phi) is 9.95. The van der Waals surface area contributed by atoms with Crippen LogP contribution in [0.15, 0.2) is 24.3 Å². The third-order valence-electron chi connectivity index (χ3n) is 10.4. The molecule has 0 amide bonds. The highest BCUT2D eigenvalue weighted by molar-refractivity contribution is 5.23. The Bertz CT molecular complexity index is 738. The van der Waals surface area contributed by atoms with Crippen molar-refractivity contribution in [2.24, 2.45) is 45.3 Å². The summed E-state index contributed by atoms with van der Waals surface area (Å²) in [7, 11) is 0. The predicted octanol–water partition coefficient (Wildman–Crippen LogP) is 9.62. The largest absolute Gasteiger partial charge is 0.309 e. The highest BCUT2D eigenvalue weighted by atomic mass is 14.9. The molecule has 3 rings (SSSR count). The lowest BCUT2D eigenvalue weighted by Gasteiger charge is -2.49. The Morgan fingerprint density at radius 3 is 0.921 bits per heavy atom.